The molecule has 0 saturated heterocycles. The van der Waals surface area contributed by atoms with Crippen LogP contribution in [-0.2, 0) is 17.8 Å². The molecule has 2 amide bonds. The molecular weight excluding hydrogens is 342 g/mol. The van der Waals surface area contributed by atoms with Crippen LogP contribution in [0.5, 0.6) is 0 Å². The molecule has 2 N–H and O–H groups in total. The van der Waals surface area contributed by atoms with Gasteiger partial charge in [0.2, 0.25) is 11.3 Å². The third-order valence-electron chi connectivity index (χ3n) is 4.88. The zero-order chi connectivity index (χ0) is 19.0. The van der Waals surface area contributed by atoms with Crippen LogP contribution in [0.3, 0.4) is 0 Å². The molecule has 1 aliphatic rings. The van der Waals surface area contributed by atoms with Crippen molar-refractivity contribution in [3.8, 4) is 0 Å². The summed E-state index contributed by atoms with van der Waals surface area (Å²) < 4.78 is 0. The van der Waals surface area contributed by atoms with Crippen LogP contribution >= 0.6 is 0 Å². The number of benzene rings is 2. The summed E-state index contributed by atoms with van der Waals surface area (Å²) in [6.45, 7) is 2.38. The van der Waals surface area contributed by atoms with Gasteiger partial charge in [-0.1, -0.05) is 24.3 Å². The number of para-hydroxylation sites is 1. The summed E-state index contributed by atoms with van der Waals surface area (Å²) in [6.07, 6.45) is 2.12. The van der Waals surface area contributed by atoms with Crippen molar-refractivity contribution in [1.82, 2.24) is 9.88 Å². The average Bonchev–Trinajstić information content (AvgIpc) is 2.67. The number of amides is 2. The normalized spacial score (nSPS) is 13.3. The molecule has 6 nitrogen and oxygen atoms in total. The first-order valence-electron chi connectivity index (χ1n) is 8.82. The van der Waals surface area contributed by atoms with E-state index in [-0.39, 0.29) is 22.8 Å². The number of nitrogens with one attached hydrogen (secondary N) is 2. The van der Waals surface area contributed by atoms with Crippen LogP contribution in [0.1, 0.15) is 28.4 Å². The average molecular weight is 361 g/mol. The van der Waals surface area contributed by atoms with Gasteiger partial charge in [0, 0.05) is 42.8 Å². The number of rotatable bonds is 2. The van der Waals surface area contributed by atoms with E-state index in [2.05, 4.69) is 10.3 Å². The van der Waals surface area contributed by atoms with Crippen LogP contribution in [0.15, 0.2) is 53.5 Å². The quantitative estimate of drug-likeness (QED) is 0.736. The molecule has 0 atom stereocenters. The molecule has 4 rings (SSSR count). The molecule has 2 aromatic carbocycles. The first-order valence-corrected chi connectivity index (χ1v) is 8.82. The van der Waals surface area contributed by atoms with Gasteiger partial charge >= 0.3 is 0 Å². The number of hydrogen-bond donors (Lipinski definition) is 2. The molecule has 0 bridgehead atoms. The van der Waals surface area contributed by atoms with Gasteiger partial charge in [-0.05, 0) is 35.7 Å². The minimum Gasteiger partial charge on any atom is -0.360 e. The van der Waals surface area contributed by atoms with Crippen molar-refractivity contribution in [2.24, 2.45) is 0 Å². The molecule has 3 aromatic rings. The Morgan fingerprint density at radius 2 is 1.93 bits per heavy atom. The maximum atomic E-state index is 13.0. The van der Waals surface area contributed by atoms with Crippen LogP contribution < -0.4 is 10.7 Å². The number of carbonyl (C=O) groups excluding carboxylic acids is 2. The molecule has 0 spiro atoms. The SMILES string of the molecule is CC(=O)Nc1cccc2c1CCN(C(=O)c1c[nH]c3ccccc3c1=O)C2. The number of anilines is 1. The lowest BCUT2D eigenvalue weighted by molar-refractivity contribution is -0.114. The van der Waals surface area contributed by atoms with Gasteiger partial charge in [0.05, 0.1) is 0 Å². The third kappa shape index (κ3) is 3.10. The lowest BCUT2D eigenvalue weighted by Gasteiger charge is -2.30. The highest BCUT2D eigenvalue weighted by Gasteiger charge is 2.25. The number of aromatic nitrogens is 1. The molecule has 0 aliphatic carbocycles. The summed E-state index contributed by atoms with van der Waals surface area (Å²) in [7, 11) is 0. The molecule has 0 radical (unpaired) electrons. The van der Waals surface area contributed by atoms with E-state index in [1.54, 1.807) is 17.0 Å². The molecule has 0 saturated carbocycles. The number of carbonyl (C=O) groups is 2. The topological polar surface area (TPSA) is 82.3 Å². The second-order valence-electron chi connectivity index (χ2n) is 6.68. The summed E-state index contributed by atoms with van der Waals surface area (Å²) in [6, 6.07) is 12.8. The number of fused-ring (bicyclic) bond motifs is 2. The Morgan fingerprint density at radius 3 is 2.74 bits per heavy atom. The van der Waals surface area contributed by atoms with Crippen molar-refractivity contribution >= 4 is 28.4 Å². The number of pyridine rings is 1. The molecular formula is C21H19N3O3. The molecule has 0 unspecified atom stereocenters. The summed E-state index contributed by atoms with van der Waals surface area (Å²) in [4.78, 5) is 41.8. The summed E-state index contributed by atoms with van der Waals surface area (Å²) >= 11 is 0. The van der Waals surface area contributed by atoms with Crippen LogP contribution in [0, 0.1) is 0 Å². The molecule has 136 valence electrons. The van der Waals surface area contributed by atoms with Crippen molar-refractivity contribution in [3.05, 3.63) is 75.6 Å². The van der Waals surface area contributed by atoms with E-state index in [0.29, 0.717) is 30.4 Å². The summed E-state index contributed by atoms with van der Waals surface area (Å²) in [5, 5.41) is 3.35. The molecule has 0 fully saturated rings. The van der Waals surface area contributed by atoms with Gasteiger partial charge in [0.25, 0.3) is 5.91 Å². The maximum Gasteiger partial charge on any atom is 0.259 e. The Labute approximate surface area is 155 Å². The van der Waals surface area contributed by atoms with Crippen molar-refractivity contribution in [3.63, 3.8) is 0 Å². The predicted molar refractivity (Wildman–Crippen MR) is 104 cm³/mol. The minimum atomic E-state index is -0.280. The van der Waals surface area contributed by atoms with E-state index in [1.807, 2.05) is 30.3 Å². The molecule has 1 aromatic heterocycles. The number of hydrogen-bond acceptors (Lipinski definition) is 3. The van der Waals surface area contributed by atoms with Crippen molar-refractivity contribution in [1.29, 1.82) is 0 Å². The lowest BCUT2D eigenvalue weighted by atomic mass is 9.97. The van der Waals surface area contributed by atoms with Gasteiger partial charge in [-0.25, -0.2) is 0 Å². The minimum absolute atomic E-state index is 0.121. The van der Waals surface area contributed by atoms with E-state index < -0.39 is 0 Å². The maximum absolute atomic E-state index is 13.0. The van der Waals surface area contributed by atoms with Gasteiger partial charge in [0.1, 0.15) is 5.56 Å². The highest BCUT2D eigenvalue weighted by Crippen LogP contribution is 2.27. The second kappa shape index (κ2) is 6.72. The summed E-state index contributed by atoms with van der Waals surface area (Å²) in [5.41, 5.74) is 3.42. The number of aromatic amines is 1. The zero-order valence-electron chi connectivity index (χ0n) is 14.9. The van der Waals surface area contributed by atoms with Gasteiger partial charge in [-0.15, -0.1) is 0 Å². The predicted octanol–water partition coefficient (Wildman–Crippen LogP) is 2.69. The monoisotopic (exact) mass is 361 g/mol. The zero-order valence-corrected chi connectivity index (χ0v) is 14.9. The first-order chi connectivity index (χ1) is 13.0. The fourth-order valence-electron chi connectivity index (χ4n) is 3.59. The lowest BCUT2D eigenvalue weighted by Crippen LogP contribution is -2.38. The van der Waals surface area contributed by atoms with Crippen LogP contribution in [0.4, 0.5) is 5.69 Å². The third-order valence-corrected chi connectivity index (χ3v) is 4.88. The van der Waals surface area contributed by atoms with Gasteiger partial charge < -0.3 is 15.2 Å². The standard InChI is InChI=1S/C21H19N3O3/c1-13(25)23-19-8-4-5-14-12-24(10-9-15(14)19)21(27)17-11-22-18-7-3-2-6-16(18)20(17)26/h2-8,11H,9-10,12H2,1H3,(H,22,26)(H,23,25). The van der Waals surface area contributed by atoms with Crippen LogP contribution in [0.2, 0.25) is 0 Å². The number of nitrogens with zero attached hydrogens (tertiary/aromatic N) is 1. The molecule has 6 heteroatoms. The smallest absolute Gasteiger partial charge is 0.259 e. The fourth-order valence-corrected chi connectivity index (χ4v) is 3.59. The molecule has 1 aliphatic heterocycles. The fraction of sp³-hybridized carbons (Fsp3) is 0.190. The number of H-pyrrole nitrogens is 1. The molecule has 2 heterocycles. The van der Waals surface area contributed by atoms with E-state index in [4.69, 9.17) is 0 Å². The Kier molecular flexibility index (Phi) is 4.24. The highest BCUT2D eigenvalue weighted by molar-refractivity contribution is 5.97. The highest BCUT2D eigenvalue weighted by atomic mass is 16.2. The van der Waals surface area contributed by atoms with Crippen molar-refractivity contribution in [2.45, 2.75) is 19.9 Å². The van der Waals surface area contributed by atoms with E-state index >= 15 is 0 Å². The van der Waals surface area contributed by atoms with E-state index in [9.17, 15) is 14.4 Å². The van der Waals surface area contributed by atoms with Crippen LogP contribution in [-0.4, -0.2) is 28.2 Å². The van der Waals surface area contributed by atoms with E-state index in [0.717, 1.165) is 16.8 Å². The second-order valence-corrected chi connectivity index (χ2v) is 6.68. The van der Waals surface area contributed by atoms with Gasteiger partial charge in [0.15, 0.2) is 0 Å². The summed E-state index contributed by atoms with van der Waals surface area (Å²) in [5.74, 6) is -0.401. The van der Waals surface area contributed by atoms with Gasteiger partial charge in [-0.3, -0.25) is 14.4 Å². The largest absolute Gasteiger partial charge is 0.360 e. The first kappa shape index (κ1) is 17.0. The molecule has 27 heavy (non-hydrogen) atoms. The van der Waals surface area contributed by atoms with Crippen molar-refractivity contribution < 1.29 is 9.59 Å². The Morgan fingerprint density at radius 1 is 1.11 bits per heavy atom. The van der Waals surface area contributed by atoms with Gasteiger partial charge in [-0.2, -0.15) is 0 Å². The Bertz CT molecular complexity index is 1120. The van der Waals surface area contributed by atoms with Crippen LogP contribution in [0.25, 0.3) is 10.9 Å². The Hall–Kier alpha value is -3.41. The van der Waals surface area contributed by atoms with Crippen molar-refractivity contribution in [2.75, 3.05) is 11.9 Å². The Balaban J connectivity index is 1.65. The van der Waals surface area contributed by atoms with E-state index in [1.165, 1.54) is 13.1 Å².